The molecule has 4 nitrogen and oxygen atoms in total. The summed E-state index contributed by atoms with van der Waals surface area (Å²) in [5.74, 6) is 1.09. The summed E-state index contributed by atoms with van der Waals surface area (Å²) in [4.78, 5) is 12.4. The Balaban J connectivity index is 1.14. The zero-order valence-corrected chi connectivity index (χ0v) is 29.8. The largest absolute Gasteiger partial charge is 0.456 e. The van der Waals surface area contributed by atoms with Crippen molar-refractivity contribution in [2.24, 2.45) is 5.92 Å². The van der Waals surface area contributed by atoms with Gasteiger partial charge in [0.15, 0.2) is 0 Å². The number of hydrogen-bond acceptors (Lipinski definition) is 4. The van der Waals surface area contributed by atoms with Crippen molar-refractivity contribution in [1.82, 2.24) is 14.5 Å². The van der Waals surface area contributed by atoms with Crippen LogP contribution in [0, 0.1) is 5.92 Å². The maximum atomic E-state index is 6.39. The van der Waals surface area contributed by atoms with E-state index in [1.165, 1.54) is 59.6 Å². The first kappa shape index (κ1) is 29.0. The van der Waals surface area contributed by atoms with Crippen molar-refractivity contribution in [2.45, 2.75) is 12.8 Å². The van der Waals surface area contributed by atoms with Crippen LogP contribution in [-0.2, 0) is 6.42 Å². The lowest BCUT2D eigenvalue weighted by molar-refractivity contribution is 0.669. The average Bonchev–Trinajstić information content (AvgIpc) is 3.60. The predicted molar refractivity (Wildman–Crippen MR) is 225 cm³/mol. The van der Waals surface area contributed by atoms with Crippen LogP contribution < -0.4 is 0 Å². The van der Waals surface area contributed by atoms with Gasteiger partial charge in [0.2, 0.25) is 5.95 Å². The second-order valence-electron chi connectivity index (χ2n) is 14.7. The number of fused-ring (bicyclic) bond motifs is 14. The monoisotopic (exact) mass is 707 g/mol. The first-order valence-electron chi connectivity index (χ1n) is 18.7. The quantitative estimate of drug-likeness (QED) is 0.184. The summed E-state index contributed by atoms with van der Waals surface area (Å²) < 4.78 is 9.88. The van der Waals surface area contributed by atoms with Crippen LogP contribution in [-0.4, -0.2) is 14.5 Å². The molecular formula is C49H29N3OS. The molecule has 1 unspecified atom stereocenters. The van der Waals surface area contributed by atoms with Crippen LogP contribution >= 0.6 is 11.3 Å². The molecule has 1 atom stereocenters. The van der Waals surface area contributed by atoms with E-state index in [9.17, 15) is 0 Å². The second kappa shape index (κ2) is 10.5. The van der Waals surface area contributed by atoms with Crippen LogP contribution in [0.4, 0.5) is 0 Å². The molecule has 54 heavy (non-hydrogen) atoms. The Kier molecular flexibility index (Phi) is 5.65. The van der Waals surface area contributed by atoms with Gasteiger partial charge in [-0.3, -0.25) is 4.57 Å². The van der Waals surface area contributed by atoms with Gasteiger partial charge in [0.1, 0.15) is 11.2 Å². The van der Waals surface area contributed by atoms with Crippen LogP contribution in [0.5, 0.6) is 0 Å². The summed E-state index contributed by atoms with van der Waals surface area (Å²) in [6.45, 7) is 0. The van der Waals surface area contributed by atoms with Crippen LogP contribution in [0.2, 0.25) is 0 Å². The Morgan fingerprint density at radius 1 is 0.704 bits per heavy atom. The number of thiophene rings is 1. The van der Waals surface area contributed by atoms with Gasteiger partial charge in [-0.2, -0.15) is 0 Å². The SMILES string of the molecule is C1=Cc2sc3c(-c4ccc5ccccc5c4)nc(-n4c5c(c6c7c(-c8cccc9oc%10ccccc%10c89)cccc7ccc64)C4=CC4C=C5)nc3c2CC1. The normalized spacial score (nSPS) is 15.8. The van der Waals surface area contributed by atoms with Gasteiger partial charge in [0.25, 0.3) is 0 Å². The summed E-state index contributed by atoms with van der Waals surface area (Å²) in [5.41, 5.74) is 13.7. The number of para-hydroxylation sites is 1. The Labute approximate surface area is 313 Å². The zero-order chi connectivity index (χ0) is 35.1. The van der Waals surface area contributed by atoms with Gasteiger partial charge in [-0.25, -0.2) is 9.97 Å². The number of rotatable bonds is 3. The molecule has 4 aromatic heterocycles. The third-order valence-corrected chi connectivity index (χ3v) is 13.0. The minimum absolute atomic E-state index is 0.368. The van der Waals surface area contributed by atoms with Gasteiger partial charge in [-0.1, -0.05) is 109 Å². The predicted octanol–water partition coefficient (Wildman–Crippen LogP) is 13.2. The lowest BCUT2D eigenvalue weighted by atomic mass is 9.90. The molecule has 0 aliphatic heterocycles. The van der Waals surface area contributed by atoms with Gasteiger partial charge in [-0.15, -0.1) is 11.3 Å². The molecule has 252 valence electrons. The van der Waals surface area contributed by atoms with Crippen LogP contribution in [0.3, 0.4) is 0 Å². The van der Waals surface area contributed by atoms with Crippen molar-refractivity contribution < 1.29 is 4.42 Å². The van der Waals surface area contributed by atoms with E-state index in [2.05, 4.69) is 144 Å². The molecule has 4 heterocycles. The Hall–Kier alpha value is -6.56. The van der Waals surface area contributed by atoms with Gasteiger partial charge < -0.3 is 4.42 Å². The molecule has 0 amide bonds. The van der Waals surface area contributed by atoms with Gasteiger partial charge in [0, 0.05) is 38.1 Å². The minimum atomic E-state index is 0.368. The highest BCUT2D eigenvalue weighted by Crippen LogP contribution is 2.53. The van der Waals surface area contributed by atoms with Crippen LogP contribution in [0.1, 0.15) is 28.1 Å². The summed E-state index contributed by atoms with van der Waals surface area (Å²) in [5, 5.41) is 8.44. The van der Waals surface area contributed by atoms with Crippen molar-refractivity contribution >= 4 is 93.7 Å². The van der Waals surface area contributed by atoms with Crippen LogP contribution in [0.15, 0.2) is 138 Å². The first-order chi connectivity index (χ1) is 26.8. The molecule has 0 saturated heterocycles. The number of furan rings is 1. The third kappa shape index (κ3) is 3.91. The van der Waals surface area contributed by atoms with Gasteiger partial charge in [0.05, 0.1) is 27.1 Å². The van der Waals surface area contributed by atoms with E-state index in [1.54, 1.807) is 0 Å². The second-order valence-corrected chi connectivity index (χ2v) is 15.8. The summed E-state index contributed by atoms with van der Waals surface area (Å²) >= 11 is 1.82. The minimum Gasteiger partial charge on any atom is -0.456 e. The first-order valence-corrected chi connectivity index (χ1v) is 19.5. The number of aromatic nitrogens is 3. The highest BCUT2D eigenvalue weighted by molar-refractivity contribution is 7.20. The number of hydrogen-bond donors (Lipinski definition) is 0. The summed E-state index contributed by atoms with van der Waals surface area (Å²) in [6, 6.07) is 41.4. The Morgan fingerprint density at radius 3 is 2.48 bits per heavy atom. The summed E-state index contributed by atoms with van der Waals surface area (Å²) in [7, 11) is 0. The molecule has 6 aromatic carbocycles. The average molecular weight is 708 g/mol. The standard InChI is InChI=1S/C49H29N3OS/c1-2-10-29-25-31(20-19-27(29)9-1)46-48-47(35-13-4-6-18-41(35)54-48)51-49(50-46)52-37-24-22-30-26-36(30)44(37)45-38(52)23-21-28-11-7-14-32(42(28)45)33-15-8-17-40-43(33)34-12-3-5-16-39(34)53-40/h1-3,5-12,14-26,30H,4,13H2. The Bertz CT molecular complexity index is 3400. The lowest BCUT2D eigenvalue weighted by Crippen LogP contribution is -2.06. The Morgan fingerprint density at radius 2 is 1.52 bits per heavy atom. The molecule has 0 N–H and O–H groups in total. The van der Waals surface area contributed by atoms with Crippen molar-refractivity contribution in [3.63, 3.8) is 0 Å². The molecule has 10 aromatic rings. The highest BCUT2D eigenvalue weighted by atomic mass is 32.1. The molecular weight excluding hydrogens is 679 g/mol. The number of benzene rings is 6. The topological polar surface area (TPSA) is 43.9 Å². The maximum Gasteiger partial charge on any atom is 0.235 e. The summed E-state index contributed by atoms with van der Waals surface area (Å²) in [6.07, 6.45) is 13.6. The lowest BCUT2D eigenvalue weighted by Gasteiger charge is -2.13. The van der Waals surface area contributed by atoms with Crippen molar-refractivity contribution in [2.75, 3.05) is 0 Å². The molecule has 3 aliphatic rings. The molecule has 13 rings (SSSR count). The molecule has 3 aliphatic carbocycles. The highest BCUT2D eigenvalue weighted by Gasteiger charge is 2.35. The fourth-order valence-corrected chi connectivity index (χ4v) is 10.5. The van der Waals surface area contributed by atoms with Gasteiger partial charge in [-0.05, 0) is 93.1 Å². The van der Waals surface area contributed by atoms with E-state index in [0.717, 1.165) is 73.4 Å². The van der Waals surface area contributed by atoms with Crippen molar-refractivity contribution in [3.05, 3.63) is 155 Å². The van der Waals surface area contributed by atoms with Gasteiger partial charge >= 0.3 is 0 Å². The van der Waals surface area contributed by atoms with E-state index in [1.807, 2.05) is 17.4 Å². The number of aryl methyl sites for hydroxylation is 1. The number of allylic oxidation sites excluding steroid dienone is 4. The fraction of sp³-hybridized carbons (Fsp3) is 0.0612. The third-order valence-electron chi connectivity index (χ3n) is 11.8. The molecule has 0 fully saturated rings. The van der Waals surface area contributed by atoms with Crippen molar-refractivity contribution in [1.29, 1.82) is 0 Å². The van der Waals surface area contributed by atoms with Crippen molar-refractivity contribution in [3.8, 4) is 28.3 Å². The molecule has 0 radical (unpaired) electrons. The van der Waals surface area contributed by atoms with E-state index < -0.39 is 0 Å². The molecule has 0 saturated carbocycles. The van der Waals surface area contributed by atoms with Crippen LogP contribution in [0.25, 0.3) is 111 Å². The van der Waals surface area contributed by atoms with E-state index >= 15 is 0 Å². The maximum absolute atomic E-state index is 6.39. The molecule has 0 bridgehead atoms. The van der Waals surface area contributed by atoms with E-state index in [-0.39, 0.29) is 0 Å². The van der Waals surface area contributed by atoms with E-state index in [4.69, 9.17) is 14.4 Å². The van der Waals surface area contributed by atoms with E-state index in [0.29, 0.717) is 5.92 Å². The number of nitrogens with zero attached hydrogens (tertiary/aromatic N) is 3. The zero-order valence-electron chi connectivity index (χ0n) is 29.0. The fourth-order valence-electron chi connectivity index (χ4n) is 9.27. The molecule has 0 spiro atoms. The smallest absolute Gasteiger partial charge is 0.235 e. The molecule has 5 heteroatoms.